The molecular formula is C13H21N3O4. The highest BCUT2D eigenvalue weighted by molar-refractivity contribution is 5.85. The van der Waals surface area contributed by atoms with Crippen LogP contribution < -0.4 is 5.32 Å². The number of methoxy groups -OCH3 is 2. The molecule has 0 spiro atoms. The molecule has 1 heterocycles. The smallest absolute Gasteiger partial charge is 0.376 e. The molecule has 0 amide bonds. The van der Waals surface area contributed by atoms with Crippen molar-refractivity contribution in [2.24, 2.45) is 0 Å². The van der Waals surface area contributed by atoms with Crippen LogP contribution in [0.4, 0.5) is 5.82 Å². The fourth-order valence-corrected chi connectivity index (χ4v) is 1.44. The Morgan fingerprint density at radius 1 is 1.25 bits per heavy atom. The molecule has 0 aliphatic heterocycles. The third kappa shape index (κ3) is 6.44. The lowest BCUT2D eigenvalue weighted by molar-refractivity contribution is 0.0587. The Morgan fingerprint density at radius 3 is 2.85 bits per heavy atom. The molecule has 7 heteroatoms. The lowest BCUT2D eigenvalue weighted by atomic mass is 10.3. The molecule has 1 N–H and O–H groups in total. The standard InChI is InChI=1S/C13H21N3O4/c1-18-9-10-20-8-4-3-6-14-11-5-7-15-12(16-11)13(17)19-2/h5,7H,3-4,6,8-10H2,1-2H3,(H,14,15,16). The molecule has 0 fully saturated rings. The van der Waals surface area contributed by atoms with Crippen LogP contribution in [0.25, 0.3) is 0 Å². The lowest BCUT2D eigenvalue weighted by Crippen LogP contribution is -2.11. The van der Waals surface area contributed by atoms with Gasteiger partial charge in [0.15, 0.2) is 0 Å². The van der Waals surface area contributed by atoms with Gasteiger partial charge in [-0.15, -0.1) is 0 Å². The molecule has 0 aliphatic carbocycles. The van der Waals surface area contributed by atoms with Crippen molar-refractivity contribution in [3.63, 3.8) is 0 Å². The highest BCUT2D eigenvalue weighted by Gasteiger charge is 2.08. The SMILES string of the molecule is COCCOCCCCNc1ccnc(C(=O)OC)n1. The number of rotatable bonds is 10. The van der Waals surface area contributed by atoms with Gasteiger partial charge in [0.25, 0.3) is 0 Å². The molecule has 1 aromatic rings. The molecule has 0 bridgehead atoms. The summed E-state index contributed by atoms with van der Waals surface area (Å²) in [6, 6.07) is 1.71. The van der Waals surface area contributed by atoms with Gasteiger partial charge in [0, 0.05) is 26.5 Å². The van der Waals surface area contributed by atoms with Crippen molar-refractivity contribution in [2.75, 3.05) is 45.9 Å². The minimum atomic E-state index is -0.541. The number of esters is 1. The molecular weight excluding hydrogens is 262 g/mol. The van der Waals surface area contributed by atoms with Gasteiger partial charge < -0.3 is 19.5 Å². The van der Waals surface area contributed by atoms with E-state index in [2.05, 4.69) is 20.0 Å². The maximum Gasteiger partial charge on any atom is 0.376 e. The van der Waals surface area contributed by atoms with Gasteiger partial charge in [-0.1, -0.05) is 0 Å². The summed E-state index contributed by atoms with van der Waals surface area (Å²) in [4.78, 5) is 19.2. The van der Waals surface area contributed by atoms with E-state index in [0.717, 1.165) is 19.4 Å². The Balaban J connectivity index is 2.17. The molecule has 20 heavy (non-hydrogen) atoms. The van der Waals surface area contributed by atoms with Crippen molar-refractivity contribution in [3.8, 4) is 0 Å². The Bertz CT molecular complexity index is 401. The molecule has 0 saturated carbocycles. The second-order valence-electron chi connectivity index (χ2n) is 4.00. The molecule has 0 aliphatic rings. The summed E-state index contributed by atoms with van der Waals surface area (Å²) in [5.41, 5.74) is 0. The highest BCUT2D eigenvalue weighted by Crippen LogP contribution is 2.03. The Morgan fingerprint density at radius 2 is 2.10 bits per heavy atom. The number of carbonyl (C=O) groups is 1. The van der Waals surface area contributed by atoms with Gasteiger partial charge in [0.2, 0.25) is 5.82 Å². The van der Waals surface area contributed by atoms with E-state index < -0.39 is 5.97 Å². The number of aromatic nitrogens is 2. The number of nitrogens with zero attached hydrogens (tertiary/aromatic N) is 2. The third-order valence-corrected chi connectivity index (χ3v) is 2.48. The Kier molecular flexibility index (Phi) is 8.25. The van der Waals surface area contributed by atoms with Gasteiger partial charge in [-0.05, 0) is 18.9 Å². The van der Waals surface area contributed by atoms with Crippen molar-refractivity contribution in [3.05, 3.63) is 18.1 Å². The maximum absolute atomic E-state index is 11.3. The minimum Gasteiger partial charge on any atom is -0.463 e. The van der Waals surface area contributed by atoms with Crippen molar-refractivity contribution in [2.45, 2.75) is 12.8 Å². The number of hydrogen-bond donors (Lipinski definition) is 1. The normalized spacial score (nSPS) is 10.3. The van der Waals surface area contributed by atoms with Gasteiger partial charge in [0.05, 0.1) is 20.3 Å². The van der Waals surface area contributed by atoms with Crippen molar-refractivity contribution in [1.29, 1.82) is 0 Å². The average molecular weight is 283 g/mol. The summed E-state index contributed by atoms with van der Waals surface area (Å²) in [6.07, 6.45) is 3.42. The topological polar surface area (TPSA) is 82.6 Å². The van der Waals surface area contributed by atoms with Crippen LogP contribution in [0.1, 0.15) is 23.5 Å². The zero-order valence-corrected chi connectivity index (χ0v) is 11.9. The van der Waals surface area contributed by atoms with E-state index in [9.17, 15) is 4.79 Å². The zero-order valence-electron chi connectivity index (χ0n) is 11.9. The quantitative estimate of drug-likeness (QED) is 0.509. The first kappa shape index (κ1) is 16.3. The number of carbonyl (C=O) groups excluding carboxylic acids is 1. The van der Waals surface area contributed by atoms with Gasteiger partial charge in [0.1, 0.15) is 5.82 Å². The van der Waals surface area contributed by atoms with Crippen molar-refractivity contribution < 1.29 is 19.0 Å². The number of ether oxygens (including phenoxy) is 3. The highest BCUT2D eigenvalue weighted by atomic mass is 16.5. The minimum absolute atomic E-state index is 0.0559. The molecule has 0 atom stereocenters. The van der Waals surface area contributed by atoms with Crippen LogP contribution in [0.2, 0.25) is 0 Å². The first-order chi connectivity index (χ1) is 9.77. The molecule has 112 valence electrons. The van der Waals surface area contributed by atoms with Gasteiger partial charge in [-0.25, -0.2) is 14.8 Å². The van der Waals surface area contributed by atoms with Gasteiger partial charge >= 0.3 is 5.97 Å². The Hall–Kier alpha value is -1.73. The van der Waals surface area contributed by atoms with E-state index in [1.54, 1.807) is 13.2 Å². The van der Waals surface area contributed by atoms with Crippen LogP contribution >= 0.6 is 0 Å². The molecule has 1 rings (SSSR count). The predicted octanol–water partition coefficient (Wildman–Crippen LogP) is 1.12. The summed E-state index contributed by atoms with van der Waals surface area (Å²) in [6.45, 7) is 2.71. The third-order valence-electron chi connectivity index (χ3n) is 2.48. The van der Waals surface area contributed by atoms with Crippen LogP contribution in [0, 0.1) is 0 Å². The van der Waals surface area contributed by atoms with Crippen LogP contribution in [-0.4, -0.2) is 56.5 Å². The molecule has 7 nitrogen and oxygen atoms in total. The zero-order chi connectivity index (χ0) is 14.6. The van der Waals surface area contributed by atoms with Gasteiger partial charge in [-0.3, -0.25) is 0 Å². The van der Waals surface area contributed by atoms with Crippen LogP contribution in [0.15, 0.2) is 12.3 Å². The molecule has 1 aromatic heterocycles. The summed E-state index contributed by atoms with van der Waals surface area (Å²) in [7, 11) is 2.95. The fraction of sp³-hybridized carbons (Fsp3) is 0.615. The van der Waals surface area contributed by atoms with Crippen molar-refractivity contribution in [1.82, 2.24) is 9.97 Å². The second kappa shape index (κ2) is 10.1. The maximum atomic E-state index is 11.3. The number of anilines is 1. The van der Waals surface area contributed by atoms with Gasteiger partial charge in [-0.2, -0.15) is 0 Å². The van der Waals surface area contributed by atoms with Crippen molar-refractivity contribution >= 4 is 11.8 Å². The number of nitrogens with one attached hydrogen (secondary N) is 1. The van der Waals surface area contributed by atoms with E-state index in [-0.39, 0.29) is 5.82 Å². The van der Waals surface area contributed by atoms with E-state index >= 15 is 0 Å². The Labute approximate surface area is 118 Å². The largest absolute Gasteiger partial charge is 0.463 e. The van der Waals surface area contributed by atoms with E-state index in [1.807, 2.05) is 0 Å². The van der Waals surface area contributed by atoms with E-state index in [1.165, 1.54) is 13.3 Å². The van der Waals surface area contributed by atoms with E-state index in [4.69, 9.17) is 9.47 Å². The first-order valence-corrected chi connectivity index (χ1v) is 6.50. The molecule has 0 saturated heterocycles. The van der Waals surface area contributed by atoms with Crippen LogP contribution in [0.3, 0.4) is 0 Å². The predicted molar refractivity (Wildman–Crippen MR) is 73.8 cm³/mol. The number of unbranched alkanes of at least 4 members (excludes halogenated alkanes) is 1. The molecule has 0 aromatic carbocycles. The number of hydrogen-bond acceptors (Lipinski definition) is 7. The first-order valence-electron chi connectivity index (χ1n) is 6.50. The monoisotopic (exact) mass is 283 g/mol. The van der Waals surface area contributed by atoms with Crippen LogP contribution in [0.5, 0.6) is 0 Å². The second-order valence-corrected chi connectivity index (χ2v) is 4.00. The summed E-state index contributed by atoms with van der Waals surface area (Å²) < 4.78 is 14.8. The van der Waals surface area contributed by atoms with Crippen LogP contribution in [-0.2, 0) is 14.2 Å². The molecule has 0 unspecified atom stereocenters. The fourth-order valence-electron chi connectivity index (χ4n) is 1.44. The summed E-state index contributed by atoms with van der Waals surface area (Å²) >= 11 is 0. The van der Waals surface area contributed by atoms with E-state index in [0.29, 0.717) is 25.6 Å². The average Bonchev–Trinajstić information content (AvgIpc) is 2.49. The molecule has 0 radical (unpaired) electrons. The summed E-state index contributed by atoms with van der Waals surface area (Å²) in [5.74, 6) is 0.126. The summed E-state index contributed by atoms with van der Waals surface area (Å²) in [5, 5.41) is 3.13. The lowest BCUT2D eigenvalue weighted by Gasteiger charge is -2.06.